The SMILES string of the molecule is C=C/C(=C\N=C(C)CCCN(C)C)c1ccc(C)c(C)c1. The summed E-state index contributed by atoms with van der Waals surface area (Å²) in [5, 5.41) is 0. The Kier molecular flexibility index (Phi) is 7.10. The Balaban J connectivity index is 2.78. The van der Waals surface area contributed by atoms with E-state index in [4.69, 9.17) is 0 Å². The van der Waals surface area contributed by atoms with Gasteiger partial charge < -0.3 is 4.90 Å². The number of rotatable bonds is 7. The van der Waals surface area contributed by atoms with Gasteiger partial charge in [-0.2, -0.15) is 0 Å². The van der Waals surface area contributed by atoms with Gasteiger partial charge in [0.05, 0.1) is 0 Å². The van der Waals surface area contributed by atoms with Crippen LogP contribution in [-0.4, -0.2) is 31.3 Å². The Labute approximate surface area is 129 Å². The van der Waals surface area contributed by atoms with Crippen molar-refractivity contribution >= 4 is 11.3 Å². The lowest BCUT2D eigenvalue weighted by Gasteiger charge is -2.08. The minimum Gasteiger partial charge on any atom is -0.309 e. The fourth-order valence-corrected chi connectivity index (χ4v) is 2.06. The van der Waals surface area contributed by atoms with Crippen molar-refractivity contribution in [1.82, 2.24) is 4.90 Å². The number of aryl methyl sites for hydroxylation is 2. The normalized spacial score (nSPS) is 12.9. The Hall–Kier alpha value is -1.67. The highest BCUT2D eigenvalue weighted by Crippen LogP contribution is 2.19. The van der Waals surface area contributed by atoms with Gasteiger partial charge in [0.15, 0.2) is 0 Å². The van der Waals surface area contributed by atoms with E-state index in [1.54, 1.807) is 0 Å². The third-order valence-corrected chi connectivity index (χ3v) is 3.63. The predicted octanol–water partition coefficient (Wildman–Crippen LogP) is 4.63. The van der Waals surface area contributed by atoms with Crippen molar-refractivity contribution in [3.63, 3.8) is 0 Å². The van der Waals surface area contributed by atoms with E-state index in [1.807, 2.05) is 12.3 Å². The molecule has 0 fully saturated rings. The first-order valence-corrected chi connectivity index (χ1v) is 7.52. The molecule has 114 valence electrons. The molecule has 0 amide bonds. The van der Waals surface area contributed by atoms with E-state index >= 15 is 0 Å². The molecule has 1 rings (SSSR count). The zero-order valence-corrected chi connectivity index (χ0v) is 14.1. The van der Waals surface area contributed by atoms with Crippen LogP contribution >= 0.6 is 0 Å². The summed E-state index contributed by atoms with van der Waals surface area (Å²) in [6, 6.07) is 6.47. The van der Waals surface area contributed by atoms with Crippen LogP contribution in [-0.2, 0) is 0 Å². The van der Waals surface area contributed by atoms with Crippen LogP contribution in [0.4, 0.5) is 0 Å². The van der Waals surface area contributed by atoms with Gasteiger partial charge in [0, 0.05) is 11.9 Å². The summed E-state index contributed by atoms with van der Waals surface area (Å²) in [6.45, 7) is 11.4. The number of aliphatic imine (C=N–C) groups is 1. The molecule has 2 nitrogen and oxygen atoms in total. The molecule has 0 aliphatic rings. The van der Waals surface area contributed by atoms with Crippen LogP contribution in [0.2, 0.25) is 0 Å². The second-order valence-electron chi connectivity index (χ2n) is 5.86. The largest absolute Gasteiger partial charge is 0.309 e. The smallest absolute Gasteiger partial charge is 0.0345 e. The molecule has 0 saturated carbocycles. The molecule has 1 aromatic rings. The number of hydrogen-bond donors (Lipinski definition) is 0. The maximum atomic E-state index is 4.59. The number of benzene rings is 1. The summed E-state index contributed by atoms with van der Waals surface area (Å²) < 4.78 is 0. The lowest BCUT2D eigenvalue weighted by molar-refractivity contribution is 0.403. The second kappa shape index (κ2) is 8.58. The van der Waals surface area contributed by atoms with Gasteiger partial charge in [-0.25, -0.2) is 0 Å². The molecule has 0 bridgehead atoms. The van der Waals surface area contributed by atoms with E-state index in [1.165, 1.54) is 22.4 Å². The van der Waals surface area contributed by atoms with Crippen molar-refractivity contribution in [3.05, 3.63) is 53.7 Å². The van der Waals surface area contributed by atoms with Crippen LogP contribution in [0.1, 0.15) is 36.5 Å². The topological polar surface area (TPSA) is 15.6 Å². The maximum Gasteiger partial charge on any atom is 0.0345 e. The Bertz CT molecular complexity index is 536. The molecule has 0 saturated heterocycles. The Morgan fingerprint density at radius 2 is 1.95 bits per heavy atom. The van der Waals surface area contributed by atoms with Gasteiger partial charge >= 0.3 is 0 Å². The Morgan fingerprint density at radius 1 is 1.24 bits per heavy atom. The standard InChI is InChI=1S/C19H28N2/c1-7-18(19-11-10-15(2)16(3)13-19)14-20-17(4)9-8-12-21(5)6/h7,10-11,13-14H,1,8-9,12H2,2-6H3/b18-14+,20-17?. The van der Waals surface area contributed by atoms with E-state index in [9.17, 15) is 0 Å². The van der Waals surface area contributed by atoms with Crippen LogP contribution in [0.5, 0.6) is 0 Å². The van der Waals surface area contributed by atoms with Crippen molar-refractivity contribution in [2.45, 2.75) is 33.6 Å². The zero-order valence-electron chi connectivity index (χ0n) is 14.1. The number of hydrogen-bond acceptors (Lipinski definition) is 2. The average molecular weight is 284 g/mol. The van der Waals surface area contributed by atoms with Gasteiger partial charge in [-0.15, -0.1) is 0 Å². The van der Waals surface area contributed by atoms with Crippen molar-refractivity contribution in [1.29, 1.82) is 0 Å². The van der Waals surface area contributed by atoms with Crippen LogP contribution in [0, 0.1) is 13.8 Å². The first kappa shape index (κ1) is 17.4. The maximum absolute atomic E-state index is 4.59. The summed E-state index contributed by atoms with van der Waals surface area (Å²) >= 11 is 0. The minimum absolute atomic E-state index is 1.03. The lowest BCUT2D eigenvalue weighted by atomic mass is 10.0. The highest BCUT2D eigenvalue weighted by atomic mass is 15.0. The summed E-state index contributed by atoms with van der Waals surface area (Å²) in [7, 11) is 4.20. The molecule has 0 N–H and O–H groups in total. The fourth-order valence-electron chi connectivity index (χ4n) is 2.06. The van der Waals surface area contributed by atoms with E-state index in [-0.39, 0.29) is 0 Å². The molecule has 2 heteroatoms. The van der Waals surface area contributed by atoms with Crippen molar-refractivity contribution in [2.24, 2.45) is 4.99 Å². The van der Waals surface area contributed by atoms with E-state index < -0.39 is 0 Å². The van der Waals surface area contributed by atoms with Gasteiger partial charge in [-0.3, -0.25) is 4.99 Å². The van der Waals surface area contributed by atoms with Crippen molar-refractivity contribution in [2.75, 3.05) is 20.6 Å². The van der Waals surface area contributed by atoms with E-state index in [0.29, 0.717) is 0 Å². The summed E-state index contributed by atoms with van der Waals surface area (Å²) in [4.78, 5) is 6.79. The lowest BCUT2D eigenvalue weighted by Crippen LogP contribution is -2.13. The molecular weight excluding hydrogens is 256 g/mol. The number of nitrogens with zero attached hydrogens (tertiary/aromatic N) is 2. The molecule has 1 aromatic carbocycles. The van der Waals surface area contributed by atoms with Crippen LogP contribution in [0.15, 0.2) is 42.0 Å². The van der Waals surface area contributed by atoms with Crippen LogP contribution in [0.3, 0.4) is 0 Å². The molecule has 0 atom stereocenters. The second-order valence-corrected chi connectivity index (χ2v) is 5.86. The minimum atomic E-state index is 1.03. The molecule has 0 aliphatic carbocycles. The third-order valence-electron chi connectivity index (χ3n) is 3.63. The van der Waals surface area contributed by atoms with Gasteiger partial charge in [-0.1, -0.05) is 30.9 Å². The average Bonchev–Trinajstić information content (AvgIpc) is 2.42. The summed E-state index contributed by atoms with van der Waals surface area (Å²) in [6.07, 6.45) is 5.98. The van der Waals surface area contributed by atoms with Gasteiger partial charge in [0.2, 0.25) is 0 Å². The molecule has 0 radical (unpaired) electrons. The highest BCUT2D eigenvalue weighted by Gasteiger charge is 2.00. The molecule has 0 aromatic heterocycles. The third kappa shape index (κ3) is 6.09. The van der Waals surface area contributed by atoms with E-state index in [0.717, 1.165) is 25.0 Å². The Morgan fingerprint density at radius 3 is 2.52 bits per heavy atom. The van der Waals surface area contributed by atoms with Gasteiger partial charge in [0.1, 0.15) is 0 Å². The van der Waals surface area contributed by atoms with Crippen molar-refractivity contribution in [3.8, 4) is 0 Å². The molecule has 0 unspecified atom stereocenters. The predicted molar refractivity (Wildman–Crippen MR) is 95.0 cm³/mol. The molecule has 0 aliphatic heterocycles. The highest BCUT2D eigenvalue weighted by molar-refractivity contribution is 5.84. The fraction of sp³-hybridized carbons (Fsp3) is 0.421. The molecular formula is C19H28N2. The molecule has 0 spiro atoms. The molecule has 21 heavy (non-hydrogen) atoms. The van der Waals surface area contributed by atoms with Gasteiger partial charge in [-0.05, 0) is 76.5 Å². The first-order valence-electron chi connectivity index (χ1n) is 7.52. The summed E-state index contributed by atoms with van der Waals surface area (Å²) in [5.41, 5.74) is 6.03. The first-order chi connectivity index (χ1) is 9.93. The van der Waals surface area contributed by atoms with Crippen LogP contribution < -0.4 is 0 Å². The van der Waals surface area contributed by atoms with Gasteiger partial charge in [0.25, 0.3) is 0 Å². The van der Waals surface area contributed by atoms with Crippen molar-refractivity contribution < 1.29 is 0 Å². The quantitative estimate of drug-likeness (QED) is 0.526. The van der Waals surface area contributed by atoms with E-state index in [2.05, 4.69) is 69.5 Å². The monoisotopic (exact) mass is 284 g/mol. The zero-order chi connectivity index (χ0) is 15.8. The van der Waals surface area contributed by atoms with Crippen LogP contribution in [0.25, 0.3) is 5.57 Å². The molecule has 0 heterocycles. The number of allylic oxidation sites excluding steroid dienone is 2. The summed E-state index contributed by atoms with van der Waals surface area (Å²) in [5.74, 6) is 0.